The van der Waals surface area contributed by atoms with Crippen LogP contribution in [-0.4, -0.2) is 68.3 Å². The lowest BCUT2D eigenvalue weighted by atomic mass is 9.91. The van der Waals surface area contributed by atoms with Gasteiger partial charge in [-0.15, -0.1) is 0 Å². The minimum absolute atomic E-state index is 0.107. The van der Waals surface area contributed by atoms with Crippen LogP contribution in [0.3, 0.4) is 0 Å². The summed E-state index contributed by atoms with van der Waals surface area (Å²) in [4.78, 5) is 39.0. The zero-order valence-electron chi connectivity index (χ0n) is 18.9. The van der Waals surface area contributed by atoms with Gasteiger partial charge in [-0.1, -0.05) is 29.8 Å². The number of ether oxygens (including phenoxy) is 1. The maximum absolute atomic E-state index is 13.0. The van der Waals surface area contributed by atoms with Crippen molar-refractivity contribution in [3.8, 4) is 0 Å². The Bertz CT molecular complexity index is 1210. The van der Waals surface area contributed by atoms with Crippen molar-refractivity contribution in [3.05, 3.63) is 59.7 Å². The van der Waals surface area contributed by atoms with Crippen LogP contribution in [0.1, 0.15) is 18.1 Å². The van der Waals surface area contributed by atoms with E-state index in [1.807, 2.05) is 19.1 Å². The molecule has 2 aromatic rings. The molecule has 2 aliphatic heterocycles. The van der Waals surface area contributed by atoms with Crippen molar-refractivity contribution in [1.82, 2.24) is 14.5 Å². The monoisotopic (exact) mass is 486 g/mol. The molecule has 2 heterocycles. The Balaban J connectivity index is 1.41. The molecule has 0 bridgehead atoms. The third-order valence-electron chi connectivity index (χ3n) is 5.95. The number of urea groups is 1. The summed E-state index contributed by atoms with van der Waals surface area (Å²) in [5.41, 5.74) is 0.723. The zero-order valence-corrected chi connectivity index (χ0v) is 19.7. The molecular formula is C23H26N4O6S. The number of amides is 4. The highest BCUT2D eigenvalue weighted by Crippen LogP contribution is 2.29. The Hall–Kier alpha value is -3.28. The van der Waals surface area contributed by atoms with E-state index >= 15 is 0 Å². The number of imide groups is 1. The molecule has 0 aromatic heterocycles. The Morgan fingerprint density at radius 3 is 2.29 bits per heavy atom. The van der Waals surface area contributed by atoms with Crippen LogP contribution in [0.4, 0.5) is 10.5 Å². The van der Waals surface area contributed by atoms with Crippen LogP contribution < -0.4 is 10.6 Å². The Labute approximate surface area is 197 Å². The van der Waals surface area contributed by atoms with Crippen LogP contribution in [0.25, 0.3) is 0 Å². The Kier molecular flexibility index (Phi) is 6.43. The van der Waals surface area contributed by atoms with Gasteiger partial charge in [0.1, 0.15) is 12.1 Å². The molecule has 34 heavy (non-hydrogen) atoms. The molecule has 4 amide bonds. The lowest BCUT2D eigenvalue weighted by Gasteiger charge is -2.26. The van der Waals surface area contributed by atoms with E-state index in [9.17, 15) is 22.8 Å². The van der Waals surface area contributed by atoms with Crippen molar-refractivity contribution < 1.29 is 27.5 Å². The number of nitrogens with zero attached hydrogens (tertiary/aromatic N) is 2. The van der Waals surface area contributed by atoms with Crippen LogP contribution >= 0.6 is 0 Å². The molecule has 2 aromatic carbocycles. The highest BCUT2D eigenvalue weighted by atomic mass is 32.2. The summed E-state index contributed by atoms with van der Waals surface area (Å²) in [7, 11) is -3.65. The second-order valence-electron chi connectivity index (χ2n) is 8.40. The van der Waals surface area contributed by atoms with Gasteiger partial charge in [0.15, 0.2) is 0 Å². The Morgan fingerprint density at radius 2 is 1.68 bits per heavy atom. The number of nitrogens with one attached hydrogen (secondary N) is 2. The van der Waals surface area contributed by atoms with Crippen molar-refractivity contribution in [3.63, 3.8) is 0 Å². The summed E-state index contributed by atoms with van der Waals surface area (Å²) >= 11 is 0. The number of anilines is 1. The number of aryl methyl sites for hydroxylation is 1. The fraction of sp³-hybridized carbons (Fsp3) is 0.348. The molecule has 0 aliphatic carbocycles. The normalized spacial score (nSPS) is 21.4. The van der Waals surface area contributed by atoms with Crippen molar-refractivity contribution in [2.45, 2.75) is 24.3 Å². The third kappa shape index (κ3) is 4.54. The fourth-order valence-corrected chi connectivity index (χ4v) is 5.32. The third-order valence-corrected chi connectivity index (χ3v) is 7.86. The molecule has 2 aliphatic rings. The number of carbonyl (C=O) groups excluding carboxylic acids is 3. The minimum atomic E-state index is -3.65. The van der Waals surface area contributed by atoms with E-state index in [1.54, 1.807) is 19.1 Å². The molecule has 11 heteroatoms. The highest BCUT2D eigenvalue weighted by molar-refractivity contribution is 7.89. The van der Waals surface area contributed by atoms with Gasteiger partial charge < -0.3 is 15.4 Å². The number of benzene rings is 2. The first-order valence-electron chi connectivity index (χ1n) is 10.8. The number of carbonyl (C=O) groups is 3. The maximum atomic E-state index is 13.0. The number of sulfonamides is 1. The minimum Gasteiger partial charge on any atom is -0.379 e. The molecule has 4 rings (SSSR count). The van der Waals surface area contributed by atoms with Gasteiger partial charge in [0.25, 0.3) is 5.91 Å². The lowest BCUT2D eigenvalue weighted by molar-refractivity contribution is -0.133. The molecule has 10 nitrogen and oxygen atoms in total. The van der Waals surface area contributed by atoms with E-state index in [4.69, 9.17) is 4.74 Å². The van der Waals surface area contributed by atoms with Gasteiger partial charge in [0.05, 0.1) is 18.1 Å². The maximum Gasteiger partial charge on any atom is 0.325 e. The van der Waals surface area contributed by atoms with Gasteiger partial charge in [0.2, 0.25) is 15.9 Å². The van der Waals surface area contributed by atoms with Crippen LogP contribution in [0.5, 0.6) is 0 Å². The average Bonchev–Trinajstić information content (AvgIpc) is 3.04. The molecule has 2 N–H and O–H groups in total. The smallest absolute Gasteiger partial charge is 0.325 e. The lowest BCUT2D eigenvalue weighted by Crippen LogP contribution is -2.42. The first-order chi connectivity index (χ1) is 16.1. The quantitative estimate of drug-likeness (QED) is 0.595. The number of hydrogen-bond acceptors (Lipinski definition) is 6. The van der Waals surface area contributed by atoms with E-state index in [2.05, 4.69) is 10.6 Å². The van der Waals surface area contributed by atoms with Gasteiger partial charge in [0, 0.05) is 18.8 Å². The fourth-order valence-electron chi connectivity index (χ4n) is 3.91. The van der Waals surface area contributed by atoms with Gasteiger partial charge in [-0.2, -0.15) is 4.31 Å². The first kappa shape index (κ1) is 23.9. The predicted molar refractivity (Wildman–Crippen MR) is 123 cm³/mol. The van der Waals surface area contributed by atoms with E-state index in [1.165, 1.54) is 28.6 Å². The molecular weight excluding hydrogens is 460 g/mol. The van der Waals surface area contributed by atoms with E-state index in [0.29, 0.717) is 24.5 Å². The summed E-state index contributed by atoms with van der Waals surface area (Å²) in [5.74, 6) is -1.11. The van der Waals surface area contributed by atoms with Crippen LogP contribution in [-0.2, 0) is 29.9 Å². The summed E-state index contributed by atoms with van der Waals surface area (Å²) < 4.78 is 32.0. The predicted octanol–water partition coefficient (Wildman–Crippen LogP) is 1.42. The topological polar surface area (TPSA) is 125 Å². The molecule has 1 atom stereocenters. The second-order valence-corrected chi connectivity index (χ2v) is 10.3. The number of morpholine rings is 1. The molecule has 0 spiro atoms. The van der Waals surface area contributed by atoms with E-state index in [0.717, 1.165) is 10.5 Å². The number of rotatable bonds is 6. The van der Waals surface area contributed by atoms with Crippen LogP contribution in [0.15, 0.2) is 53.4 Å². The molecule has 0 unspecified atom stereocenters. The SMILES string of the molecule is Cc1ccc([C@]2(C)NC(=O)N(CC(=O)Nc3ccc(S(=O)(=O)N4CCOCC4)cc3)C2=O)cc1. The van der Waals surface area contributed by atoms with Crippen LogP contribution in [0.2, 0.25) is 0 Å². The van der Waals surface area contributed by atoms with E-state index < -0.39 is 40.0 Å². The number of hydrogen-bond donors (Lipinski definition) is 2. The van der Waals surface area contributed by atoms with Gasteiger partial charge in [-0.25, -0.2) is 13.2 Å². The van der Waals surface area contributed by atoms with Gasteiger partial charge in [-0.05, 0) is 43.7 Å². The van der Waals surface area contributed by atoms with Crippen molar-refractivity contribution in [2.24, 2.45) is 0 Å². The standard InChI is InChI=1S/C23H26N4O6S/c1-16-3-5-17(6-4-16)23(2)21(29)27(22(30)25-23)15-20(28)24-18-7-9-19(10-8-18)34(31,32)26-11-13-33-14-12-26/h3-10H,11-15H2,1-2H3,(H,24,28)(H,25,30)/t23-/m0/s1. The van der Waals surface area contributed by atoms with Gasteiger partial charge >= 0.3 is 6.03 Å². The summed E-state index contributed by atoms with van der Waals surface area (Å²) in [6.07, 6.45) is 0. The average molecular weight is 487 g/mol. The first-order valence-corrected chi connectivity index (χ1v) is 12.2. The van der Waals surface area contributed by atoms with Crippen molar-refractivity contribution >= 4 is 33.6 Å². The zero-order chi connectivity index (χ0) is 24.5. The van der Waals surface area contributed by atoms with Crippen molar-refractivity contribution in [1.29, 1.82) is 0 Å². The summed E-state index contributed by atoms with van der Waals surface area (Å²) in [6.45, 7) is 4.31. The second kappa shape index (κ2) is 9.16. The molecule has 180 valence electrons. The van der Waals surface area contributed by atoms with Crippen molar-refractivity contribution in [2.75, 3.05) is 38.2 Å². The summed E-state index contributed by atoms with van der Waals surface area (Å²) in [5, 5.41) is 5.27. The molecule has 0 radical (unpaired) electrons. The summed E-state index contributed by atoms with van der Waals surface area (Å²) in [6, 6.07) is 12.3. The molecule has 2 fully saturated rings. The Morgan fingerprint density at radius 1 is 1.06 bits per heavy atom. The van der Waals surface area contributed by atoms with E-state index in [-0.39, 0.29) is 18.0 Å². The largest absolute Gasteiger partial charge is 0.379 e. The van der Waals surface area contributed by atoms with Crippen LogP contribution in [0, 0.1) is 6.92 Å². The molecule has 0 saturated carbocycles. The molecule has 2 saturated heterocycles. The highest BCUT2D eigenvalue weighted by Gasteiger charge is 2.49. The van der Waals surface area contributed by atoms with Gasteiger partial charge in [-0.3, -0.25) is 14.5 Å².